The van der Waals surface area contributed by atoms with E-state index in [4.69, 9.17) is 30.6 Å². The number of carbonyl (C=O) groups is 6. The van der Waals surface area contributed by atoms with E-state index in [1.807, 2.05) is 0 Å². The molecular formula is C16H28O12P2. The van der Waals surface area contributed by atoms with Crippen LogP contribution in [0.4, 0.5) is 0 Å². The summed E-state index contributed by atoms with van der Waals surface area (Å²) in [6.07, 6.45) is 0.861. The van der Waals surface area contributed by atoms with Crippen LogP contribution in [0.1, 0.15) is 65.2 Å². The number of carboxylic acid groups (broad SMARTS) is 6. The third-order valence-corrected chi connectivity index (χ3v) is 2.16. The van der Waals surface area contributed by atoms with Crippen LogP contribution >= 0.6 is 19.8 Å². The highest BCUT2D eigenvalue weighted by atomic mass is 31.0. The first kappa shape index (κ1) is 41.9. The molecule has 0 fully saturated rings. The normalized spacial score (nSPS) is 7.80. The van der Waals surface area contributed by atoms with Crippen molar-refractivity contribution < 1.29 is 59.4 Å². The van der Waals surface area contributed by atoms with Gasteiger partial charge in [0.2, 0.25) is 0 Å². The number of aliphatic carboxylic acids is 6. The first-order valence-corrected chi connectivity index (χ1v) is 8.10. The summed E-state index contributed by atoms with van der Waals surface area (Å²) in [5.41, 5.74) is 0. The Morgan fingerprint density at radius 3 is 0.533 bits per heavy atom. The molecule has 0 amide bonds. The lowest BCUT2D eigenvalue weighted by atomic mass is 10.3. The fourth-order valence-corrected chi connectivity index (χ4v) is 0.642. The fraction of sp³-hybridized carbons (Fsp3) is 0.625. The van der Waals surface area contributed by atoms with Crippen LogP contribution in [0.15, 0.2) is 0 Å². The van der Waals surface area contributed by atoms with Crippen LogP contribution in [0.5, 0.6) is 0 Å². The van der Waals surface area contributed by atoms with Crippen molar-refractivity contribution >= 4 is 55.6 Å². The first-order chi connectivity index (χ1) is 12.8. The highest BCUT2D eigenvalue weighted by Crippen LogP contribution is 1.87. The molecule has 0 spiro atoms. The Bertz CT molecular complexity index is 384. The van der Waals surface area contributed by atoms with Crippen molar-refractivity contribution in [3.63, 3.8) is 0 Å². The molecule has 0 rings (SSSR count). The molecule has 0 aliphatic carbocycles. The smallest absolute Gasteiger partial charge is 0.303 e. The van der Waals surface area contributed by atoms with Crippen LogP contribution in [0.3, 0.4) is 0 Å². The topological polar surface area (TPSA) is 224 Å². The lowest BCUT2D eigenvalue weighted by molar-refractivity contribution is -0.143. The molecule has 0 aliphatic heterocycles. The van der Waals surface area contributed by atoms with Crippen LogP contribution < -0.4 is 0 Å². The number of unbranched alkanes of at least 4 members (excludes halogenated alkanes) is 1. The Labute approximate surface area is 180 Å². The van der Waals surface area contributed by atoms with E-state index in [2.05, 4.69) is 13.8 Å². The maximum Gasteiger partial charge on any atom is 0.303 e. The minimum absolute atomic E-state index is 0. The zero-order chi connectivity index (χ0) is 23.1. The van der Waals surface area contributed by atoms with Crippen LogP contribution in [0, 0.1) is 0 Å². The number of rotatable bonds is 10. The molecule has 0 aromatic carbocycles. The van der Waals surface area contributed by atoms with Gasteiger partial charge in [0, 0.05) is 19.8 Å². The van der Waals surface area contributed by atoms with Crippen LogP contribution in [0.25, 0.3) is 0 Å². The van der Waals surface area contributed by atoms with Crippen LogP contribution in [0.2, 0.25) is 0 Å². The van der Waals surface area contributed by atoms with Crippen molar-refractivity contribution in [2.45, 2.75) is 65.2 Å². The molecule has 0 saturated heterocycles. The van der Waals surface area contributed by atoms with Crippen molar-refractivity contribution in [1.29, 1.82) is 0 Å². The lowest BCUT2D eigenvalue weighted by Gasteiger charge is -1.85. The van der Waals surface area contributed by atoms with Crippen molar-refractivity contribution in [3.05, 3.63) is 0 Å². The van der Waals surface area contributed by atoms with Crippen molar-refractivity contribution in [2.24, 2.45) is 0 Å². The zero-order valence-electron chi connectivity index (χ0n) is 16.7. The van der Waals surface area contributed by atoms with E-state index in [1.165, 1.54) is 12.8 Å². The number of carboxylic acids is 6. The van der Waals surface area contributed by atoms with E-state index in [-0.39, 0.29) is 58.3 Å². The van der Waals surface area contributed by atoms with E-state index in [1.54, 1.807) is 0 Å². The van der Waals surface area contributed by atoms with E-state index >= 15 is 0 Å². The summed E-state index contributed by atoms with van der Waals surface area (Å²) in [5.74, 6) is -6.46. The van der Waals surface area contributed by atoms with Gasteiger partial charge in [-0.3, -0.25) is 28.8 Å². The summed E-state index contributed by atoms with van der Waals surface area (Å²) in [6.45, 7) is 4.36. The molecule has 12 nitrogen and oxygen atoms in total. The summed E-state index contributed by atoms with van der Waals surface area (Å²) in [5, 5.41) is 47.4. The maximum absolute atomic E-state index is 9.64. The molecule has 30 heavy (non-hydrogen) atoms. The summed E-state index contributed by atoms with van der Waals surface area (Å²) < 4.78 is 0. The molecular weight excluding hydrogens is 446 g/mol. The molecule has 0 aliphatic rings. The van der Waals surface area contributed by atoms with Gasteiger partial charge in [-0.25, -0.2) is 0 Å². The Morgan fingerprint density at radius 1 is 0.400 bits per heavy atom. The second-order valence-electron chi connectivity index (χ2n) is 4.86. The van der Waals surface area contributed by atoms with Gasteiger partial charge < -0.3 is 30.6 Å². The average molecular weight is 474 g/mol. The number of hydrogen-bond acceptors (Lipinski definition) is 6. The van der Waals surface area contributed by atoms with Gasteiger partial charge in [0.1, 0.15) is 0 Å². The molecule has 14 heteroatoms. The predicted molar refractivity (Wildman–Crippen MR) is 108 cm³/mol. The molecule has 0 unspecified atom stereocenters. The van der Waals surface area contributed by atoms with Crippen molar-refractivity contribution in [3.8, 4) is 0 Å². The van der Waals surface area contributed by atoms with Gasteiger partial charge in [0.05, 0.1) is 38.5 Å². The Hall–Kier alpha value is -2.32. The van der Waals surface area contributed by atoms with Crippen LogP contribution in [-0.4, -0.2) is 66.5 Å². The van der Waals surface area contributed by atoms with Crippen molar-refractivity contribution in [2.75, 3.05) is 0 Å². The number of hydrogen-bond donors (Lipinski definition) is 6. The molecule has 174 valence electrons. The summed E-state index contributed by atoms with van der Waals surface area (Å²) in [4.78, 5) is 57.8. The Morgan fingerprint density at radius 2 is 0.500 bits per heavy atom. The van der Waals surface area contributed by atoms with E-state index in [9.17, 15) is 28.8 Å². The molecule has 0 aromatic heterocycles. The second kappa shape index (κ2) is 31.4. The minimum atomic E-state index is -1.08. The van der Waals surface area contributed by atoms with E-state index in [0.29, 0.717) is 0 Å². The Kier molecular flexibility index (Phi) is 43.8. The molecule has 6 radical (unpaired) electrons. The fourth-order valence-electron chi connectivity index (χ4n) is 0.642. The quantitative estimate of drug-likeness (QED) is 0.251. The first-order valence-electron chi connectivity index (χ1n) is 8.10. The van der Waals surface area contributed by atoms with Gasteiger partial charge in [0.15, 0.2) is 0 Å². The van der Waals surface area contributed by atoms with Gasteiger partial charge in [0.25, 0.3) is 0 Å². The minimum Gasteiger partial charge on any atom is -0.481 e. The third kappa shape index (κ3) is 83.6. The largest absolute Gasteiger partial charge is 0.481 e. The molecule has 0 aromatic rings. The van der Waals surface area contributed by atoms with Gasteiger partial charge in [-0.2, -0.15) is 0 Å². The summed E-state index contributed by atoms with van der Waals surface area (Å²) >= 11 is 0. The highest BCUT2D eigenvalue weighted by Gasteiger charge is 2.01. The lowest BCUT2D eigenvalue weighted by Crippen LogP contribution is -2.00. The van der Waals surface area contributed by atoms with E-state index < -0.39 is 35.8 Å². The molecule has 0 heterocycles. The second-order valence-corrected chi connectivity index (χ2v) is 4.86. The summed E-state index contributed by atoms with van der Waals surface area (Å²) in [7, 11) is 0. The predicted octanol–water partition coefficient (Wildman–Crippen LogP) is 3.34. The van der Waals surface area contributed by atoms with Gasteiger partial charge in [-0.1, -0.05) is 26.7 Å². The zero-order valence-corrected chi connectivity index (χ0v) is 18.5. The van der Waals surface area contributed by atoms with Crippen LogP contribution in [-0.2, 0) is 28.8 Å². The highest BCUT2D eigenvalue weighted by molar-refractivity contribution is 6.92. The van der Waals surface area contributed by atoms with Gasteiger partial charge in [-0.05, 0) is 0 Å². The maximum atomic E-state index is 9.64. The van der Waals surface area contributed by atoms with Gasteiger partial charge in [-0.15, -0.1) is 0 Å². The third-order valence-electron chi connectivity index (χ3n) is 2.16. The average Bonchev–Trinajstić information content (AvgIpc) is 2.57. The van der Waals surface area contributed by atoms with Gasteiger partial charge >= 0.3 is 35.8 Å². The molecule has 0 bridgehead atoms. The Balaban J connectivity index is -0.0000000642. The molecule has 0 atom stereocenters. The van der Waals surface area contributed by atoms with E-state index in [0.717, 1.165) is 0 Å². The monoisotopic (exact) mass is 474 g/mol. The molecule has 6 N–H and O–H groups in total. The standard InChI is InChI=1S/3C4H6O4.C4H10.2P/c3*5-3(6)1-2-4(7)8;1-3-4-2;;/h3*1-2H2,(H,5,6)(H,7,8);3-4H2,1-2H3;;. The SMILES string of the molecule is CCCC.O=C(O)CCC(=O)O.O=C(O)CCC(=O)O.O=C(O)CCC(=O)O.[P].[P]. The summed E-state index contributed by atoms with van der Waals surface area (Å²) in [6, 6.07) is 0. The molecule has 0 saturated carbocycles. The van der Waals surface area contributed by atoms with Crippen molar-refractivity contribution in [1.82, 2.24) is 0 Å².